The summed E-state index contributed by atoms with van der Waals surface area (Å²) in [7, 11) is 0. The predicted octanol–water partition coefficient (Wildman–Crippen LogP) is 3.16. The van der Waals surface area contributed by atoms with Crippen molar-refractivity contribution in [1.82, 2.24) is 24.8 Å². The highest BCUT2D eigenvalue weighted by atomic mass is 19.1. The Balaban J connectivity index is 1.71. The van der Waals surface area contributed by atoms with Gasteiger partial charge in [-0.2, -0.15) is 0 Å². The van der Waals surface area contributed by atoms with Crippen molar-refractivity contribution in [2.75, 3.05) is 6.54 Å². The smallest absolute Gasteiger partial charge is 0.318 e. The summed E-state index contributed by atoms with van der Waals surface area (Å²) in [5.41, 5.74) is 1.48. The molecule has 1 N–H and O–H groups in total. The van der Waals surface area contributed by atoms with Crippen LogP contribution in [-0.4, -0.2) is 32.1 Å². The second kappa shape index (κ2) is 7.29. The monoisotopic (exact) mass is 341 g/mol. The second-order valence-electron chi connectivity index (χ2n) is 5.80. The van der Waals surface area contributed by atoms with Gasteiger partial charge in [0.05, 0.1) is 6.04 Å². The first-order valence-corrected chi connectivity index (χ1v) is 8.18. The molecule has 7 heteroatoms. The average molecular weight is 341 g/mol. The van der Waals surface area contributed by atoms with Gasteiger partial charge in [0.2, 0.25) is 0 Å². The van der Waals surface area contributed by atoms with Gasteiger partial charge in [0.15, 0.2) is 11.5 Å². The summed E-state index contributed by atoms with van der Waals surface area (Å²) in [5.74, 6) is 0.350. The summed E-state index contributed by atoms with van der Waals surface area (Å²) < 4.78 is 15.2. The van der Waals surface area contributed by atoms with Gasteiger partial charge in [-0.1, -0.05) is 18.2 Å². The number of carbonyl (C=O) groups excluding carboxylic acids is 1. The van der Waals surface area contributed by atoms with Crippen LogP contribution in [0.1, 0.15) is 31.3 Å². The molecule has 0 fully saturated rings. The fourth-order valence-electron chi connectivity index (χ4n) is 2.68. The zero-order chi connectivity index (χ0) is 17.8. The van der Waals surface area contributed by atoms with Crippen LogP contribution in [0.15, 0.2) is 48.7 Å². The van der Waals surface area contributed by atoms with E-state index >= 15 is 0 Å². The van der Waals surface area contributed by atoms with E-state index in [4.69, 9.17) is 0 Å². The van der Waals surface area contributed by atoms with Crippen LogP contribution in [-0.2, 0) is 6.54 Å². The highest BCUT2D eigenvalue weighted by Crippen LogP contribution is 2.13. The van der Waals surface area contributed by atoms with Crippen LogP contribution in [0.3, 0.4) is 0 Å². The second-order valence-corrected chi connectivity index (χ2v) is 5.80. The lowest BCUT2D eigenvalue weighted by atomic mass is 10.2. The lowest BCUT2D eigenvalue weighted by molar-refractivity contribution is 0.194. The average Bonchev–Trinajstić information content (AvgIpc) is 3.03. The highest BCUT2D eigenvalue weighted by Gasteiger charge is 2.19. The predicted molar refractivity (Wildman–Crippen MR) is 92.4 cm³/mol. The maximum Gasteiger partial charge on any atom is 0.318 e. The molecular formula is C18H20FN5O. The molecule has 2 heterocycles. The molecular weight excluding hydrogens is 321 g/mol. The SMILES string of the molecule is CCN(Cc1cccc(F)c1)C(=O)NC(C)c1nnc2ccccn12. The molecule has 1 aromatic carbocycles. The number of amides is 2. The van der Waals surface area contributed by atoms with Crippen LogP contribution in [0.2, 0.25) is 0 Å². The van der Waals surface area contributed by atoms with E-state index in [1.807, 2.05) is 42.6 Å². The summed E-state index contributed by atoms with van der Waals surface area (Å²) in [6, 6.07) is 11.3. The first kappa shape index (κ1) is 16.9. The minimum Gasteiger partial charge on any atom is -0.328 e. The normalized spacial score (nSPS) is 12.1. The van der Waals surface area contributed by atoms with Gasteiger partial charge in [-0.25, -0.2) is 9.18 Å². The molecule has 0 bridgehead atoms. The van der Waals surface area contributed by atoms with Crippen LogP contribution in [0, 0.1) is 5.82 Å². The first-order valence-electron chi connectivity index (χ1n) is 8.18. The number of hydrogen-bond acceptors (Lipinski definition) is 3. The zero-order valence-corrected chi connectivity index (χ0v) is 14.2. The van der Waals surface area contributed by atoms with Crippen molar-refractivity contribution >= 4 is 11.7 Å². The van der Waals surface area contributed by atoms with Gasteiger partial charge in [-0.05, 0) is 43.7 Å². The fourth-order valence-corrected chi connectivity index (χ4v) is 2.68. The maximum atomic E-state index is 13.3. The third-order valence-corrected chi connectivity index (χ3v) is 4.00. The minimum atomic E-state index is -0.313. The molecule has 25 heavy (non-hydrogen) atoms. The third-order valence-electron chi connectivity index (χ3n) is 4.00. The quantitative estimate of drug-likeness (QED) is 0.775. The highest BCUT2D eigenvalue weighted by molar-refractivity contribution is 5.74. The van der Waals surface area contributed by atoms with Crippen molar-refractivity contribution < 1.29 is 9.18 Å². The van der Waals surface area contributed by atoms with Crippen LogP contribution in [0.25, 0.3) is 5.65 Å². The Kier molecular flexibility index (Phi) is 4.92. The lowest BCUT2D eigenvalue weighted by Crippen LogP contribution is -2.41. The number of carbonyl (C=O) groups is 1. The van der Waals surface area contributed by atoms with E-state index in [0.717, 1.165) is 11.2 Å². The van der Waals surface area contributed by atoms with E-state index in [-0.39, 0.29) is 17.9 Å². The molecule has 3 rings (SSSR count). The Morgan fingerprint density at radius 1 is 1.28 bits per heavy atom. The number of fused-ring (bicyclic) bond motifs is 1. The Bertz CT molecular complexity index is 879. The summed E-state index contributed by atoms with van der Waals surface area (Å²) >= 11 is 0. The van der Waals surface area contributed by atoms with Gasteiger partial charge in [0.1, 0.15) is 5.82 Å². The standard InChI is InChI=1S/C18H20FN5O/c1-3-23(12-14-7-6-8-15(19)11-14)18(25)20-13(2)17-22-21-16-9-4-5-10-24(16)17/h4-11,13H,3,12H2,1-2H3,(H,20,25). The van der Waals surface area contributed by atoms with E-state index in [0.29, 0.717) is 18.9 Å². The molecule has 2 amide bonds. The molecule has 1 atom stereocenters. The van der Waals surface area contributed by atoms with E-state index < -0.39 is 0 Å². The van der Waals surface area contributed by atoms with Gasteiger partial charge in [0, 0.05) is 19.3 Å². The van der Waals surface area contributed by atoms with Crippen molar-refractivity contribution in [3.05, 3.63) is 65.9 Å². The van der Waals surface area contributed by atoms with Crippen molar-refractivity contribution in [3.8, 4) is 0 Å². The van der Waals surface area contributed by atoms with Gasteiger partial charge < -0.3 is 10.2 Å². The lowest BCUT2D eigenvalue weighted by Gasteiger charge is -2.23. The fraction of sp³-hybridized carbons (Fsp3) is 0.278. The van der Waals surface area contributed by atoms with E-state index in [1.54, 1.807) is 17.0 Å². The number of pyridine rings is 1. The summed E-state index contributed by atoms with van der Waals surface area (Å²) in [6.45, 7) is 4.59. The van der Waals surface area contributed by atoms with E-state index in [9.17, 15) is 9.18 Å². The van der Waals surface area contributed by atoms with Crippen LogP contribution in [0.4, 0.5) is 9.18 Å². The molecule has 2 aromatic heterocycles. The number of nitrogens with zero attached hydrogens (tertiary/aromatic N) is 4. The Labute approximate surface area is 145 Å². The molecule has 0 saturated heterocycles. The van der Waals surface area contributed by atoms with Crippen LogP contribution < -0.4 is 5.32 Å². The van der Waals surface area contributed by atoms with Gasteiger partial charge in [0.25, 0.3) is 0 Å². The summed E-state index contributed by atoms with van der Waals surface area (Å²) in [4.78, 5) is 14.2. The molecule has 130 valence electrons. The van der Waals surface area contributed by atoms with Crippen molar-refractivity contribution in [2.45, 2.75) is 26.4 Å². The third kappa shape index (κ3) is 3.76. The van der Waals surface area contributed by atoms with E-state index in [1.165, 1.54) is 12.1 Å². The minimum absolute atomic E-state index is 0.230. The van der Waals surface area contributed by atoms with Crippen LogP contribution >= 0.6 is 0 Å². The van der Waals surface area contributed by atoms with E-state index in [2.05, 4.69) is 15.5 Å². The number of urea groups is 1. The molecule has 0 spiro atoms. The number of rotatable bonds is 5. The number of hydrogen-bond donors (Lipinski definition) is 1. The first-order chi connectivity index (χ1) is 12.1. The Hall–Kier alpha value is -2.96. The number of halogens is 1. The zero-order valence-electron chi connectivity index (χ0n) is 14.2. The summed E-state index contributed by atoms with van der Waals surface area (Å²) in [6.07, 6.45) is 1.86. The largest absolute Gasteiger partial charge is 0.328 e. The molecule has 0 aliphatic heterocycles. The molecule has 0 radical (unpaired) electrons. The molecule has 1 unspecified atom stereocenters. The number of benzene rings is 1. The van der Waals surface area contributed by atoms with Crippen molar-refractivity contribution in [1.29, 1.82) is 0 Å². The van der Waals surface area contributed by atoms with Gasteiger partial charge in [-0.15, -0.1) is 10.2 Å². The molecule has 0 saturated carbocycles. The number of aromatic nitrogens is 3. The summed E-state index contributed by atoms with van der Waals surface area (Å²) in [5, 5.41) is 11.2. The Morgan fingerprint density at radius 2 is 2.12 bits per heavy atom. The molecule has 0 aliphatic rings. The maximum absolute atomic E-state index is 13.3. The molecule has 6 nitrogen and oxygen atoms in total. The van der Waals surface area contributed by atoms with Crippen molar-refractivity contribution in [3.63, 3.8) is 0 Å². The molecule has 3 aromatic rings. The Morgan fingerprint density at radius 3 is 2.88 bits per heavy atom. The van der Waals surface area contributed by atoms with Gasteiger partial charge >= 0.3 is 6.03 Å². The van der Waals surface area contributed by atoms with Crippen molar-refractivity contribution in [2.24, 2.45) is 0 Å². The van der Waals surface area contributed by atoms with Crippen LogP contribution in [0.5, 0.6) is 0 Å². The molecule has 0 aliphatic carbocycles. The number of nitrogens with one attached hydrogen (secondary N) is 1. The van der Waals surface area contributed by atoms with Gasteiger partial charge in [-0.3, -0.25) is 4.40 Å². The topological polar surface area (TPSA) is 62.5 Å².